The Bertz CT molecular complexity index is 526. The van der Waals surface area contributed by atoms with Gasteiger partial charge in [-0.2, -0.15) is 0 Å². The highest BCUT2D eigenvalue weighted by molar-refractivity contribution is 5.25. The van der Waals surface area contributed by atoms with Crippen molar-refractivity contribution in [1.29, 1.82) is 0 Å². The van der Waals surface area contributed by atoms with Gasteiger partial charge in [0.15, 0.2) is 0 Å². The molecule has 2 heteroatoms. The van der Waals surface area contributed by atoms with E-state index in [4.69, 9.17) is 0 Å². The molecular formula is C43H120O2. The molecule has 4 rings (SSSR count). The number of aliphatic hydroxyl groups is 2. The molecule has 4 aliphatic carbocycles. The second-order valence-electron chi connectivity index (χ2n) is 10.0. The van der Waals surface area contributed by atoms with Gasteiger partial charge in [0.2, 0.25) is 0 Å². The summed E-state index contributed by atoms with van der Waals surface area (Å²) in [6.07, 6.45) is 12.5. The largest absolute Gasteiger partial charge is 0.396 e. The van der Waals surface area contributed by atoms with Crippen LogP contribution in [-0.2, 0) is 0 Å². The standard InChI is InChI=1S/C22H36O2.21CH4/c1-14(24)18-6-7-19-17-5-4-16-12-15(13-23)8-10-21(16,2)20(17)9-11-22(18,19)3;;;;;;;;;;;;;;;;;;;;;/h4,14-15,17-20,23-24H,5-13H2,1-3H3;21*1H4/t14-,15-,17?,18+,19?,20?,21-,22+;;;;;;;;;;;;;;;;;;;;;/m0...................../s1. The smallest absolute Gasteiger partial charge is 0.0545 e. The molecule has 0 aromatic carbocycles. The van der Waals surface area contributed by atoms with Gasteiger partial charge in [-0.1, -0.05) is 181 Å². The molecule has 8 atom stereocenters. The minimum atomic E-state index is -0.151. The third-order valence-electron chi connectivity index (χ3n) is 9.12. The minimum absolute atomic E-state index is 0. The fourth-order valence-electron chi connectivity index (χ4n) is 7.73. The number of fused-ring (bicyclic) bond motifs is 5. The van der Waals surface area contributed by atoms with Crippen molar-refractivity contribution in [1.82, 2.24) is 0 Å². The first-order valence-electron chi connectivity index (χ1n) is 10.4. The van der Waals surface area contributed by atoms with Gasteiger partial charge in [-0.25, -0.2) is 0 Å². The van der Waals surface area contributed by atoms with Crippen molar-refractivity contribution in [3.63, 3.8) is 0 Å². The van der Waals surface area contributed by atoms with Crippen LogP contribution in [0.4, 0.5) is 0 Å². The van der Waals surface area contributed by atoms with Crippen molar-refractivity contribution in [3.8, 4) is 0 Å². The molecule has 2 N–H and O–H groups in total. The SMILES string of the molecule is C.C.C.C.C.C.C.C.C.C.C.C.C.C.C.C.C.C.C.C.C.C[C@H](O)[C@H]1CCC2C3CC=C4C[C@@H](CO)CC[C@]4(C)C3CC[C@@]21C. The van der Waals surface area contributed by atoms with Gasteiger partial charge in [-0.15, -0.1) is 0 Å². The van der Waals surface area contributed by atoms with E-state index in [0.29, 0.717) is 29.3 Å². The summed E-state index contributed by atoms with van der Waals surface area (Å²) in [7, 11) is 0. The highest BCUT2D eigenvalue weighted by Crippen LogP contribution is 2.66. The normalized spacial score (nSPS) is 27.8. The number of rotatable bonds is 2. The highest BCUT2D eigenvalue weighted by Gasteiger charge is 2.59. The van der Waals surface area contributed by atoms with Gasteiger partial charge in [0, 0.05) is 6.61 Å². The third-order valence-corrected chi connectivity index (χ3v) is 9.12. The molecule has 2 nitrogen and oxygen atoms in total. The molecule has 304 valence electrons. The average Bonchev–Trinajstić information content (AvgIpc) is 2.91. The summed E-state index contributed by atoms with van der Waals surface area (Å²) >= 11 is 0. The molecule has 0 spiro atoms. The van der Waals surface area contributed by atoms with E-state index in [9.17, 15) is 10.2 Å². The van der Waals surface area contributed by atoms with Crippen molar-refractivity contribution in [2.75, 3.05) is 6.61 Å². The maximum absolute atomic E-state index is 10.3. The molecule has 0 heterocycles. The second-order valence-corrected chi connectivity index (χ2v) is 10.0. The Hall–Kier alpha value is -0.340. The van der Waals surface area contributed by atoms with E-state index in [2.05, 4.69) is 19.9 Å². The van der Waals surface area contributed by atoms with Crippen LogP contribution < -0.4 is 0 Å². The lowest BCUT2D eigenvalue weighted by Crippen LogP contribution is -2.51. The predicted molar refractivity (Wildman–Crippen MR) is 239 cm³/mol. The zero-order chi connectivity index (χ0) is 17.1. The van der Waals surface area contributed by atoms with E-state index in [-0.39, 0.29) is 162 Å². The third kappa shape index (κ3) is 18.7. The number of hydrogen-bond donors (Lipinski definition) is 2. The number of allylic oxidation sites excluding steroid dienone is 2. The fraction of sp³-hybridized carbons (Fsp3) is 0.953. The van der Waals surface area contributed by atoms with Gasteiger partial charge in [-0.05, 0) is 98.7 Å². The molecule has 0 aliphatic heterocycles. The van der Waals surface area contributed by atoms with Crippen LogP contribution in [0.3, 0.4) is 0 Å². The van der Waals surface area contributed by atoms with Crippen LogP contribution in [0.15, 0.2) is 11.6 Å². The van der Waals surface area contributed by atoms with Crippen molar-refractivity contribution < 1.29 is 10.2 Å². The van der Waals surface area contributed by atoms with E-state index >= 15 is 0 Å². The van der Waals surface area contributed by atoms with Crippen LogP contribution in [0.5, 0.6) is 0 Å². The summed E-state index contributed by atoms with van der Waals surface area (Å²) in [6, 6.07) is 0. The Kier molecular flexibility index (Phi) is 116. The van der Waals surface area contributed by atoms with Crippen LogP contribution in [0.25, 0.3) is 0 Å². The monoisotopic (exact) mass is 669 g/mol. The lowest BCUT2D eigenvalue weighted by molar-refractivity contribution is -0.0650. The number of hydrogen-bond acceptors (Lipinski definition) is 2. The molecule has 0 amide bonds. The molecule has 0 saturated heterocycles. The van der Waals surface area contributed by atoms with Crippen LogP contribution in [0, 0.1) is 40.4 Å². The van der Waals surface area contributed by atoms with Crippen LogP contribution in [-0.4, -0.2) is 22.9 Å². The van der Waals surface area contributed by atoms with Crippen molar-refractivity contribution in [3.05, 3.63) is 11.6 Å². The molecule has 3 unspecified atom stereocenters. The fourth-order valence-corrected chi connectivity index (χ4v) is 7.73. The summed E-state index contributed by atoms with van der Waals surface area (Å²) in [5.41, 5.74) is 2.42. The van der Waals surface area contributed by atoms with Gasteiger partial charge < -0.3 is 10.2 Å². The van der Waals surface area contributed by atoms with Gasteiger partial charge in [0.1, 0.15) is 0 Å². The van der Waals surface area contributed by atoms with Crippen LogP contribution >= 0.6 is 0 Å². The lowest BCUT2D eigenvalue weighted by Gasteiger charge is -2.58. The first-order valence-corrected chi connectivity index (χ1v) is 10.4. The molecule has 0 bridgehead atoms. The molecule has 0 aromatic heterocycles. The maximum atomic E-state index is 10.3. The summed E-state index contributed by atoms with van der Waals surface area (Å²) in [5, 5.41) is 19.9. The van der Waals surface area contributed by atoms with E-state index < -0.39 is 0 Å². The van der Waals surface area contributed by atoms with Crippen molar-refractivity contribution in [2.24, 2.45) is 40.4 Å². The van der Waals surface area contributed by atoms with Crippen LogP contribution in [0.2, 0.25) is 0 Å². The molecule has 45 heavy (non-hydrogen) atoms. The van der Waals surface area contributed by atoms with Gasteiger partial charge in [0.05, 0.1) is 6.10 Å². The molecule has 3 saturated carbocycles. The number of aliphatic hydroxyl groups excluding tert-OH is 2. The van der Waals surface area contributed by atoms with Crippen molar-refractivity contribution >= 4 is 0 Å². The molecule has 0 aromatic rings. The summed E-state index contributed by atoms with van der Waals surface area (Å²) in [4.78, 5) is 0. The Labute approximate surface area is 302 Å². The van der Waals surface area contributed by atoms with E-state index in [0.717, 1.165) is 24.2 Å². The van der Waals surface area contributed by atoms with Gasteiger partial charge in [-0.3, -0.25) is 0 Å². The van der Waals surface area contributed by atoms with Crippen LogP contribution in [0.1, 0.15) is 228 Å². The van der Waals surface area contributed by atoms with Gasteiger partial charge >= 0.3 is 0 Å². The molecule has 3 fully saturated rings. The summed E-state index contributed by atoms with van der Waals surface area (Å²) in [6.45, 7) is 7.40. The maximum Gasteiger partial charge on any atom is 0.0545 e. The zero-order valence-electron chi connectivity index (χ0n) is 15.8. The quantitative estimate of drug-likeness (QED) is 0.287. The lowest BCUT2D eigenvalue weighted by atomic mass is 9.47. The Morgan fingerprint density at radius 3 is 1.42 bits per heavy atom. The van der Waals surface area contributed by atoms with E-state index in [1.807, 2.05) is 6.92 Å². The highest BCUT2D eigenvalue weighted by atomic mass is 16.3. The van der Waals surface area contributed by atoms with Crippen molar-refractivity contribution in [2.45, 2.75) is 234 Å². The first-order chi connectivity index (χ1) is 11.4. The Morgan fingerprint density at radius 1 is 0.622 bits per heavy atom. The zero-order valence-corrected chi connectivity index (χ0v) is 15.8. The first kappa shape index (κ1) is 120. The summed E-state index contributed by atoms with van der Waals surface area (Å²) < 4.78 is 0. The van der Waals surface area contributed by atoms with Gasteiger partial charge in [0.25, 0.3) is 0 Å². The Balaban J connectivity index is -0.0000000217. The Morgan fingerprint density at radius 2 is 1.04 bits per heavy atom. The summed E-state index contributed by atoms with van der Waals surface area (Å²) in [5.74, 6) is 3.48. The van der Waals surface area contributed by atoms with E-state index in [1.54, 1.807) is 5.57 Å². The molecular weight excluding hydrogens is 548 g/mol. The average molecular weight is 669 g/mol. The minimum Gasteiger partial charge on any atom is -0.396 e. The second kappa shape index (κ2) is 43.7. The van der Waals surface area contributed by atoms with E-state index in [1.165, 1.54) is 44.9 Å². The predicted octanol–water partition coefficient (Wildman–Crippen LogP) is 17.9. The topological polar surface area (TPSA) is 40.5 Å². The molecule has 0 radical (unpaired) electrons. The molecule has 4 aliphatic rings.